The molecule has 0 aromatic carbocycles. The number of hydrogen-bond acceptors (Lipinski definition) is 3. The maximum absolute atomic E-state index is 11.5. The zero-order chi connectivity index (χ0) is 10.0. The highest BCUT2D eigenvalue weighted by Gasteiger charge is 2.33. The van der Waals surface area contributed by atoms with Gasteiger partial charge in [0.05, 0.1) is 5.57 Å². The van der Waals surface area contributed by atoms with E-state index in [1.54, 1.807) is 0 Å². The van der Waals surface area contributed by atoms with Crippen molar-refractivity contribution >= 4 is 34.2 Å². The van der Waals surface area contributed by atoms with E-state index in [1.807, 2.05) is 29.5 Å². The van der Waals surface area contributed by atoms with Crippen molar-refractivity contribution in [1.82, 2.24) is 0 Å². The van der Waals surface area contributed by atoms with Crippen LogP contribution in [0, 0.1) is 0 Å². The molecular formula is C9H10INO2. The molecule has 0 saturated heterocycles. The first-order valence-electron chi connectivity index (χ1n) is 3.99. The average Bonchev–Trinajstić information content (AvgIpc) is 2.36. The van der Waals surface area contributed by atoms with Gasteiger partial charge in [-0.25, -0.2) is 0 Å². The standard InChI is InChI=1S/C9H10INO2/c1-2-5-7(4-11)9(13)6(3-10)8(5)12/h3H,2,4,11H2,1H3/b6-3+. The van der Waals surface area contributed by atoms with Gasteiger partial charge in [0.25, 0.3) is 0 Å². The van der Waals surface area contributed by atoms with Gasteiger partial charge in [-0.2, -0.15) is 0 Å². The van der Waals surface area contributed by atoms with Crippen LogP contribution in [0.1, 0.15) is 13.3 Å². The van der Waals surface area contributed by atoms with Crippen LogP contribution in [-0.2, 0) is 9.59 Å². The van der Waals surface area contributed by atoms with Crippen LogP contribution < -0.4 is 5.73 Å². The summed E-state index contributed by atoms with van der Waals surface area (Å²) in [6, 6.07) is 0. The van der Waals surface area contributed by atoms with E-state index in [1.165, 1.54) is 4.08 Å². The zero-order valence-corrected chi connectivity index (χ0v) is 9.42. The SMILES string of the molecule is CCC1=C(CN)C(=O)/C(=C/I)C1=O. The summed E-state index contributed by atoms with van der Waals surface area (Å²) >= 11 is 1.90. The molecule has 0 aromatic heterocycles. The van der Waals surface area contributed by atoms with Crippen molar-refractivity contribution in [2.24, 2.45) is 5.73 Å². The summed E-state index contributed by atoms with van der Waals surface area (Å²) in [6.07, 6.45) is 0.574. The Morgan fingerprint density at radius 3 is 2.15 bits per heavy atom. The van der Waals surface area contributed by atoms with E-state index < -0.39 is 0 Å². The molecule has 0 spiro atoms. The third kappa shape index (κ3) is 1.60. The summed E-state index contributed by atoms with van der Waals surface area (Å²) in [5.41, 5.74) is 6.73. The Morgan fingerprint density at radius 1 is 1.31 bits per heavy atom. The molecule has 1 aliphatic rings. The molecule has 0 aliphatic heterocycles. The Bertz CT molecular complexity index is 301. The Morgan fingerprint density at radius 2 is 1.85 bits per heavy atom. The van der Waals surface area contributed by atoms with E-state index in [9.17, 15) is 9.59 Å². The summed E-state index contributed by atoms with van der Waals surface area (Å²) < 4.78 is 1.53. The highest BCUT2D eigenvalue weighted by molar-refractivity contribution is 14.1. The van der Waals surface area contributed by atoms with Crippen molar-refractivity contribution in [3.63, 3.8) is 0 Å². The van der Waals surface area contributed by atoms with Gasteiger partial charge in [0.2, 0.25) is 0 Å². The first kappa shape index (κ1) is 10.6. The van der Waals surface area contributed by atoms with Gasteiger partial charge in [0.1, 0.15) is 0 Å². The molecular weight excluding hydrogens is 281 g/mol. The molecule has 0 saturated carbocycles. The molecule has 0 unspecified atom stereocenters. The van der Waals surface area contributed by atoms with Gasteiger partial charge in [-0.1, -0.05) is 29.5 Å². The number of ketones is 2. The van der Waals surface area contributed by atoms with E-state index in [0.29, 0.717) is 17.6 Å². The Balaban J connectivity index is 3.22. The van der Waals surface area contributed by atoms with Crippen LogP contribution in [0.2, 0.25) is 0 Å². The molecule has 0 atom stereocenters. The quantitative estimate of drug-likeness (QED) is 0.471. The topological polar surface area (TPSA) is 60.2 Å². The van der Waals surface area contributed by atoms with Gasteiger partial charge in [-0.3, -0.25) is 9.59 Å². The van der Waals surface area contributed by atoms with Crippen molar-refractivity contribution in [2.75, 3.05) is 6.54 Å². The fraction of sp³-hybridized carbons (Fsp3) is 0.333. The molecule has 70 valence electrons. The van der Waals surface area contributed by atoms with Gasteiger partial charge < -0.3 is 5.73 Å². The molecule has 0 bridgehead atoms. The second-order valence-corrected chi connectivity index (χ2v) is 3.32. The lowest BCUT2D eigenvalue weighted by Crippen LogP contribution is -2.10. The number of hydrogen-bond donors (Lipinski definition) is 1. The second kappa shape index (κ2) is 4.15. The van der Waals surface area contributed by atoms with E-state index in [4.69, 9.17) is 5.73 Å². The fourth-order valence-electron chi connectivity index (χ4n) is 1.39. The minimum absolute atomic E-state index is 0.151. The molecule has 0 aromatic rings. The van der Waals surface area contributed by atoms with Crippen molar-refractivity contribution in [1.29, 1.82) is 0 Å². The van der Waals surface area contributed by atoms with E-state index in [2.05, 4.69) is 0 Å². The molecule has 3 nitrogen and oxygen atoms in total. The van der Waals surface area contributed by atoms with Crippen LogP contribution in [0.15, 0.2) is 20.8 Å². The average molecular weight is 291 g/mol. The van der Waals surface area contributed by atoms with Gasteiger partial charge in [0.15, 0.2) is 11.6 Å². The number of carbonyl (C=O) groups is 2. The third-order valence-corrected chi connectivity index (χ3v) is 2.69. The van der Waals surface area contributed by atoms with E-state index in [0.717, 1.165) is 0 Å². The van der Waals surface area contributed by atoms with E-state index >= 15 is 0 Å². The van der Waals surface area contributed by atoms with Crippen LogP contribution in [0.4, 0.5) is 0 Å². The second-order valence-electron chi connectivity index (χ2n) is 2.70. The molecule has 0 amide bonds. The summed E-state index contributed by atoms with van der Waals surface area (Å²) in [7, 11) is 0. The smallest absolute Gasteiger partial charge is 0.195 e. The number of carbonyl (C=O) groups excluding carboxylic acids is 2. The fourth-order valence-corrected chi connectivity index (χ4v) is 1.96. The Labute approximate surface area is 90.2 Å². The highest BCUT2D eigenvalue weighted by Crippen LogP contribution is 2.26. The van der Waals surface area contributed by atoms with Crippen LogP contribution in [-0.4, -0.2) is 18.1 Å². The normalized spacial score (nSPS) is 20.7. The first-order valence-corrected chi connectivity index (χ1v) is 5.23. The van der Waals surface area contributed by atoms with Crippen LogP contribution in [0.5, 0.6) is 0 Å². The van der Waals surface area contributed by atoms with Gasteiger partial charge in [-0.05, 0) is 10.5 Å². The van der Waals surface area contributed by atoms with Gasteiger partial charge >= 0.3 is 0 Å². The molecule has 13 heavy (non-hydrogen) atoms. The minimum Gasteiger partial charge on any atom is -0.326 e. The maximum Gasteiger partial charge on any atom is 0.195 e. The monoisotopic (exact) mass is 291 g/mol. The van der Waals surface area contributed by atoms with Crippen molar-refractivity contribution in [2.45, 2.75) is 13.3 Å². The number of allylic oxidation sites excluding steroid dienone is 2. The molecule has 0 radical (unpaired) electrons. The predicted octanol–water partition coefficient (Wildman–Crippen LogP) is 1.12. The third-order valence-electron chi connectivity index (χ3n) is 2.07. The number of Topliss-reactive ketones (excluding diaryl/α,β-unsaturated/α-hetero) is 2. The summed E-state index contributed by atoms with van der Waals surface area (Å²) in [6.45, 7) is 2.01. The van der Waals surface area contributed by atoms with Crippen LogP contribution >= 0.6 is 22.6 Å². The van der Waals surface area contributed by atoms with Crippen LogP contribution in [0.3, 0.4) is 0 Å². The largest absolute Gasteiger partial charge is 0.326 e. The highest BCUT2D eigenvalue weighted by atomic mass is 127. The number of nitrogens with two attached hydrogens (primary N) is 1. The van der Waals surface area contributed by atoms with Crippen LogP contribution in [0.25, 0.3) is 0 Å². The lowest BCUT2D eigenvalue weighted by Gasteiger charge is -1.95. The molecule has 1 rings (SSSR count). The Kier molecular flexibility index (Phi) is 3.38. The lowest BCUT2D eigenvalue weighted by molar-refractivity contribution is -0.115. The zero-order valence-electron chi connectivity index (χ0n) is 7.26. The summed E-state index contributed by atoms with van der Waals surface area (Å²) in [5.74, 6) is -0.346. The Hall–Kier alpha value is -0.490. The lowest BCUT2D eigenvalue weighted by atomic mass is 10.1. The predicted molar refractivity (Wildman–Crippen MR) is 58.5 cm³/mol. The summed E-state index contributed by atoms with van der Waals surface area (Å²) in [4.78, 5) is 23.1. The molecule has 0 fully saturated rings. The first-order chi connectivity index (χ1) is 6.17. The molecule has 2 N–H and O–H groups in total. The van der Waals surface area contributed by atoms with Gasteiger partial charge in [0, 0.05) is 17.7 Å². The minimum atomic E-state index is -0.196. The molecule has 4 heteroatoms. The van der Waals surface area contributed by atoms with Crippen molar-refractivity contribution in [3.8, 4) is 0 Å². The van der Waals surface area contributed by atoms with Gasteiger partial charge in [-0.15, -0.1) is 0 Å². The summed E-state index contributed by atoms with van der Waals surface area (Å²) in [5, 5.41) is 0. The number of rotatable bonds is 2. The van der Waals surface area contributed by atoms with E-state index in [-0.39, 0.29) is 23.7 Å². The molecule has 1 aliphatic carbocycles. The van der Waals surface area contributed by atoms with Crippen molar-refractivity contribution < 1.29 is 9.59 Å². The van der Waals surface area contributed by atoms with Crippen molar-refractivity contribution in [3.05, 3.63) is 20.8 Å². The maximum atomic E-state index is 11.5. The number of halogens is 1. The molecule has 0 heterocycles.